The van der Waals surface area contributed by atoms with Crippen molar-refractivity contribution in [3.05, 3.63) is 94.9 Å². The third-order valence-corrected chi connectivity index (χ3v) is 6.77. The molecule has 2 amide bonds. The summed E-state index contributed by atoms with van der Waals surface area (Å²) in [4.78, 5) is 51.7. The maximum absolute atomic E-state index is 13.9. The van der Waals surface area contributed by atoms with Gasteiger partial charge in [0.2, 0.25) is 11.9 Å². The van der Waals surface area contributed by atoms with Crippen molar-refractivity contribution in [2.24, 2.45) is 0 Å². The number of nitrogens with one attached hydrogen (secondary N) is 2. The van der Waals surface area contributed by atoms with E-state index >= 15 is 0 Å². The van der Waals surface area contributed by atoms with Crippen LogP contribution in [0.3, 0.4) is 0 Å². The maximum Gasteiger partial charge on any atom is 0.416 e. The van der Waals surface area contributed by atoms with Crippen LogP contribution in [0.15, 0.2) is 78.2 Å². The molecule has 0 aliphatic carbocycles. The molecular weight excluding hydrogens is 551 g/mol. The van der Waals surface area contributed by atoms with E-state index in [2.05, 4.69) is 32.1 Å². The highest BCUT2D eigenvalue weighted by Crippen LogP contribution is 2.31. The molecule has 0 unspecified atom stereocenters. The van der Waals surface area contributed by atoms with Gasteiger partial charge < -0.3 is 20.4 Å². The average Bonchev–Trinajstić information content (AvgIpc) is 2.96. The van der Waals surface area contributed by atoms with E-state index in [-0.39, 0.29) is 22.8 Å². The third kappa shape index (κ3) is 6.00. The molecule has 2 aromatic carbocycles. The van der Waals surface area contributed by atoms with E-state index in [0.29, 0.717) is 42.9 Å². The van der Waals surface area contributed by atoms with Gasteiger partial charge in [-0.15, -0.1) is 0 Å². The van der Waals surface area contributed by atoms with Crippen LogP contribution in [0.4, 0.5) is 30.5 Å². The molecule has 0 spiro atoms. The molecule has 0 bridgehead atoms. The predicted octanol–water partition coefficient (Wildman–Crippen LogP) is 4.06. The molecule has 0 atom stereocenters. The maximum atomic E-state index is 13.9. The second-order valence-corrected chi connectivity index (χ2v) is 9.71. The number of aromatic nitrogens is 3. The van der Waals surface area contributed by atoms with Crippen LogP contribution in [0.2, 0.25) is 0 Å². The van der Waals surface area contributed by atoms with Gasteiger partial charge in [-0.3, -0.25) is 19.0 Å². The van der Waals surface area contributed by atoms with Crippen molar-refractivity contribution >= 4 is 40.2 Å². The second-order valence-electron chi connectivity index (χ2n) is 9.71. The normalized spacial score (nSPS) is 14.0. The lowest BCUT2D eigenvalue weighted by molar-refractivity contribution is -0.137. The first-order chi connectivity index (χ1) is 20.0. The fourth-order valence-corrected chi connectivity index (χ4v) is 4.55. The minimum absolute atomic E-state index is 0.0655. The van der Waals surface area contributed by atoms with Crippen LogP contribution in [0.25, 0.3) is 16.7 Å². The number of hydrogen-bond donors (Lipinski definition) is 2. The third-order valence-electron chi connectivity index (χ3n) is 6.77. The van der Waals surface area contributed by atoms with E-state index in [1.54, 1.807) is 23.1 Å². The number of anilines is 3. The molecule has 42 heavy (non-hydrogen) atoms. The summed E-state index contributed by atoms with van der Waals surface area (Å²) in [6.07, 6.45) is -2.05. The lowest BCUT2D eigenvalue weighted by Crippen LogP contribution is -2.48. The van der Waals surface area contributed by atoms with E-state index in [9.17, 15) is 27.6 Å². The van der Waals surface area contributed by atoms with Gasteiger partial charge in [0.15, 0.2) is 5.65 Å². The summed E-state index contributed by atoms with van der Waals surface area (Å²) in [6.45, 7) is 5.66. The van der Waals surface area contributed by atoms with E-state index in [1.165, 1.54) is 35.0 Å². The van der Waals surface area contributed by atoms with Gasteiger partial charge in [0, 0.05) is 49.1 Å². The van der Waals surface area contributed by atoms with E-state index in [4.69, 9.17) is 0 Å². The Morgan fingerprint density at radius 2 is 1.71 bits per heavy atom. The molecule has 0 radical (unpaired) electrons. The number of pyridine rings is 1. The molecule has 216 valence electrons. The van der Waals surface area contributed by atoms with Gasteiger partial charge in [-0.1, -0.05) is 18.7 Å². The van der Waals surface area contributed by atoms with Gasteiger partial charge in [0.05, 0.1) is 11.3 Å². The lowest BCUT2D eigenvalue weighted by atomic mass is 10.1. The Kier molecular flexibility index (Phi) is 7.77. The number of likely N-dealkylation sites (N-methyl/N-ethyl adjacent to an activating group) is 1. The highest BCUT2D eigenvalue weighted by atomic mass is 19.4. The number of carbonyl (C=O) groups excluding carboxylic acids is 2. The smallest absolute Gasteiger partial charge is 0.336 e. The molecule has 1 saturated heterocycles. The van der Waals surface area contributed by atoms with Crippen molar-refractivity contribution in [2.45, 2.75) is 6.18 Å². The Hall–Kier alpha value is -5.04. The zero-order chi connectivity index (χ0) is 30.0. The zero-order valence-electron chi connectivity index (χ0n) is 22.5. The molecule has 2 aromatic heterocycles. The van der Waals surface area contributed by atoms with Crippen molar-refractivity contribution in [1.29, 1.82) is 0 Å². The summed E-state index contributed by atoms with van der Waals surface area (Å²) < 4.78 is 40.9. The number of alkyl halides is 3. The lowest BCUT2D eigenvalue weighted by Gasteiger charge is -2.32. The molecule has 5 rings (SSSR count). The molecule has 13 heteroatoms. The van der Waals surface area contributed by atoms with Crippen LogP contribution < -0.4 is 16.2 Å². The highest BCUT2D eigenvalue weighted by Gasteiger charge is 2.30. The van der Waals surface area contributed by atoms with Gasteiger partial charge >= 0.3 is 6.18 Å². The molecule has 2 N–H and O–H groups in total. The quantitative estimate of drug-likeness (QED) is 0.333. The van der Waals surface area contributed by atoms with Gasteiger partial charge in [-0.05, 0) is 55.6 Å². The van der Waals surface area contributed by atoms with Gasteiger partial charge in [-0.2, -0.15) is 18.2 Å². The number of carbonyl (C=O) groups is 2. The number of hydrogen-bond acceptors (Lipinski definition) is 7. The SMILES string of the molecule is C=CC(=O)Nc1cccc(-n2c(=O)c(C(=O)N3CCN(C)CC3)cc3cnc(Nc4cccc(C(F)(F)F)c4)nc32)c1. The topological polar surface area (TPSA) is 112 Å². The minimum atomic E-state index is -4.54. The summed E-state index contributed by atoms with van der Waals surface area (Å²) in [5.41, 5.74) is -0.735. The number of halogens is 3. The first-order valence-electron chi connectivity index (χ1n) is 12.9. The summed E-state index contributed by atoms with van der Waals surface area (Å²) in [5.74, 6) is -0.964. The van der Waals surface area contributed by atoms with E-state index < -0.39 is 29.1 Å². The average molecular weight is 578 g/mol. The number of rotatable bonds is 6. The Morgan fingerprint density at radius 1 is 1.00 bits per heavy atom. The second kappa shape index (κ2) is 11.4. The Labute approximate surface area is 238 Å². The Bertz CT molecular complexity index is 1750. The molecule has 0 saturated carbocycles. The summed E-state index contributed by atoms with van der Waals surface area (Å²) in [6, 6.07) is 12.3. The predicted molar refractivity (Wildman–Crippen MR) is 152 cm³/mol. The van der Waals surface area contributed by atoms with Gasteiger partial charge in [0.25, 0.3) is 11.5 Å². The number of amides is 2. The first-order valence-corrected chi connectivity index (χ1v) is 12.9. The van der Waals surface area contributed by atoms with Crippen LogP contribution in [-0.2, 0) is 11.0 Å². The number of benzene rings is 2. The van der Waals surface area contributed by atoms with Gasteiger partial charge in [-0.25, -0.2) is 4.98 Å². The monoisotopic (exact) mass is 577 g/mol. The summed E-state index contributed by atoms with van der Waals surface area (Å²) >= 11 is 0. The zero-order valence-corrected chi connectivity index (χ0v) is 22.5. The Morgan fingerprint density at radius 3 is 2.43 bits per heavy atom. The van der Waals surface area contributed by atoms with Crippen molar-refractivity contribution < 1.29 is 22.8 Å². The summed E-state index contributed by atoms with van der Waals surface area (Å²) in [7, 11) is 1.95. The molecular formula is C29H26F3N7O3. The number of fused-ring (bicyclic) bond motifs is 1. The largest absolute Gasteiger partial charge is 0.416 e. The molecule has 1 fully saturated rings. The fourth-order valence-electron chi connectivity index (χ4n) is 4.55. The number of nitrogens with zero attached hydrogens (tertiary/aromatic N) is 5. The highest BCUT2D eigenvalue weighted by molar-refractivity contribution is 5.99. The van der Waals surface area contributed by atoms with Gasteiger partial charge in [0.1, 0.15) is 5.56 Å². The van der Waals surface area contributed by atoms with Crippen molar-refractivity contribution in [2.75, 3.05) is 43.9 Å². The minimum Gasteiger partial charge on any atom is -0.336 e. The van der Waals surface area contributed by atoms with Crippen LogP contribution in [0.5, 0.6) is 0 Å². The van der Waals surface area contributed by atoms with E-state index in [1.807, 2.05) is 7.05 Å². The molecule has 4 aromatic rings. The molecule has 1 aliphatic heterocycles. The first kappa shape index (κ1) is 28.5. The van der Waals surface area contributed by atoms with Crippen molar-refractivity contribution in [3.63, 3.8) is 0 Å². The van der Waals surface area contributed by atoms with Crippen LogP contribution in [-0.4, -0.2) is 69.4 Å². The van der Waals surface area contributed by atoms with E-state index in [0.717, 1.165) is 18.2 Å². The standard InChI is InChI=1S/C29H26F3N7O3/c1-3-24(40)34-21-8-5-9-22(16-21)39-25-18(14-23(27(39)42)26(41)38-12-10-37(2)11-13-38)17-33-28(36-25)35-20-7-4-6-19(15-20)29(30,31)32/h3-9,14-17H,1,10-13H2,2H3,(H,34,40)(H,33,35,36). The molecule has 10 nitrogen and oxygen atoms in total. The number of piperazine rings is 1. The Balaban J connectivity index is 1.63. The molecule has 1 aliphatic rings. The van der Waals surface area contributed by atoms with Crippen molar-refractivity contribution in [3.8, 4) is 5.69 Å². The van der Waals surface area contributed by atoms with Crippen LogP contribution >= 0.6 is 0 Å². The fraction of sp³-hybridized carbons (Fsp3) is 0.207. The van der Waals surface area contributed by atoms with Crippen molar-refractivity contribution in [1.82, 2.24) is 24.3 Å². The van der Waals surface area contributed by atoms with Crippen LogP contribution in [0.1, 0.15) is 15.9 Å². The molecule has 3 heterocycles. The summed E-state index contributed by atoms with van der Waals surface area (Å²) in [5, 5.41) is 5.74. The van der Waals surface area contributed by atoms with Crippen LogP contribution in [0, 0.1) is 0 Å².